The molecule has 1 atom stereocenters. The van der Waals surface area contributed by atoms with Crippen molar-refractivity contribution in [3.8, 4) is 0 Å². The van der Waals surface area contributed by atoms with Gasteiger partial charge < -0.3 is 10.4 Å². The van der Waals surface area contributed by atoms with E-state index in [0.29, 0.717) is 0 Å². The molecule has 1 fully saturated rings. The molecule has 2 nitrogen and oxygen atoms in total. The average molecular weight is 276 g/mol. The van der Waals surface area contributed by atoms with E-state index in [-0.39, 0.29) is 12.1 Å². The molecule has 0 saturated carbocycles. The summed E-state index contributed by atoms with van der Waals surface area (Å²) >= 11 is 5.28. The molecule has 2 N–H and O–H groups in total. The summed E-state index contributed by atoms with van der Waals surface area (Å²) in [5.41, 5.74) is -0.0621. The first-order valence-corrected chi connectivity index (χ1v) is 6.51. The number of nitrogens with one attached hydrogen (secondary N) is 1. The zero-order chi connectivity index (χ0) is 10.0. The summed E-state index contributed by atoms with van der Waals surface area (Å²) in [4.78, 5) is 1.33. The molecule has 0 bridgehead atoms. The summed E-state index contributed by atoms with van der Waals surface area (Å²) in [6, 6.07) is 2.07. The molecule has 78 valence electrons. The Morgan fingerprint density at radius 2 is 2.50 bits per heavy atom. The fourth-order valence-electron chi connectivity index (χ4n) is 1.97. The number of halogens is 1. The molecular weight excluding hydrogens is 262 g/mol. The fourth-order valence-corrected chi connectivity index (χ4v) is 3.61. The van der Waals surface area contributed by atoms with E-state index < -0.39 is 0 Å². The van der Waals surface area contributed by atoms with Crippen LogP contribution in [-0.2, 0) is 6.42 Å². The van der Waals surface area contributed by atoms with Crippen LogP contribution >= 0.6 is 27.3 Å². The van der Waals surface area contributed by atoms with E-state index >= 15 is 0 Å². The highest BCUT2D eigenvalue weighted by atomic mass is 79.9. The van der Waals surface area contributed by atoms with E-state index in [0.717, 1.165) is 19.4 Å². The van der Waals surface area contributed by atoms with E-state index in [1.54, 1.807) is 11.3 Å². The molecule has 2 rings (SSSR count). The third-order valence-electron chi connectivity index (χ3n) is 2.82. The van der Waals surface area contributed by atoms with E-state index in [9.17, 15) is 5.11 Å². The van der Waals surface area contributed by atoms with Gasteiger partial charge in [0, 0.05) is 21.3 Å². The molecule has 4 heteroatoms. The maximum absolute atomic E-state index is 9.43. The van der Waals surface area contributed by atoms with E-state index in [1.807, 2.05) is 0 Å². The van der Waals surface area contributed by atoms with Crippen molar-refractivity contribution in [3.05, 3.63) is 20.8 Å². The Hall–Kier alpha value is 0.1000. The summed E-state index contributed by atoms with van der Waals surface area (Å²) < 4.78 is 1.17. The Labute approximate surface area is 96.5 Å². The van der Waals surface area contributed by atoms with Crippen molar-refractivity contribution in [2.45, 2.75) is 24.8 Å². The van der Waals surface area contributed by atoms with Gasteiger partial charge in [-0.1, -0.05) is 0 Å². The van der Waals surface area contributed by atoms with Gasteiger partial charge in [0.05, 0.1) is 6.61 Å². The second-order valence-electron chi connectivity index (χ2n) is 3.84. The summed E-state index contributed by atoms with van der Waals surface area (Å²) in [7, 11) is 0. The smallest absolute Gasteiger partial charge is 0.0616 e. The number of aliphatic hydroxyl groups excluding tert-OH is 1. The molecule has 0 spiro atoms. The third-order valence-corrected chi connectivity index (χ3v) is 4.75. The first kappa shape index (κ1) is 10.6. The van der Waals surface area contributed by atoms with Gasteiger partial charge in [0.15, 0.2) is 0 Å². The fraction of sp³-hybridized carbons (Fsp3) is 0.600. The van der Waals surface area contributed by atoms with E-state index in [1.165, 1.54) is 15.8 Å². The lowest BCUT2D eigenvalue weighted by molar-refractivity contribution is 0.178. The lowest BCUT2D eigenvalue weighted by atomic mass is 9.94. The molecule has 1 aliphatic heterocycles. The van der Waals surface area contributed by atoms with Crippen LogP contribution in [0.5, 0.6) is 0 Å². The highest BCUT2D eigenvalue weighted by Gasteiger charge is 2.33. The maximum Gasteiger partial charge on any atom is 0.0616 e. The number of thiophene rings is 1. The van der Waals surface area contributed by atoms with Crippen molar-refractivity contribution in [2.24, 2.45) is 0 Å². The van der Waals surface area contributed by atoms with Gasteiger partial charge in [0.25, 0.3) is 0 Å². The van der Waals surface area contributed by atoms with Crippen molar-refractivity contribution in [1.82, 2.24) is 5.32 Å². The van der Waals surface area contributed by atoms with Gasteiger partial charge in [-0.3, -0.25) is 0 Å². The second kappa shape index (κ2) is 4.31. The molecule has 0 amide bonds. The molecule has 1 aromatic heterocycles. The molecule has 1 aliphatic rings. The second-order valence-corrected chi connectivity index (χ2v) is 5.69. The van der Waals surface area contributed by atoms with Crippen LogP contribution in [0.15, 0.2) is 15.9 Å². The van der Waals surface area contributed by atoms with Crippen LogP contribution < -0.4 is 5.32 Å². The summed E-state index contributed by atoms with van der Waals surface area (Å²) in [5.74, 6) is 0. The van der Waals surface area contributed by atoms with Crippen molar-refractivity contribution in [3.63, 3.8) is 0 Å². The number of hydrogen-bond donors (Lipinski definition) is 2. The van der Waals surface area contributed by atoms with Crippen molar-refractivity contribution in [2.75, 3.05) is 13.2 Å². The van der Waals surface area contributed by atoms with Crippen LogP contribution in [-0.4, -0.2) is 23.8 Å². The molecule has 0 aromatic carbocycles. The quantitative estimate of drug-likeness (QED) is 0.886. The Kier molecular flexibility index (Phi) is 3.27. The minimum atomic E-state index is -0.0621. The normalized spacial score (nSPS) is 27.0. The van der Waals surface area contributed by atoms with Crippen LogP contribution in [0.2, 0.25) is 0 Å². The first-order valence-electron chi connectivity index (χ1n) is 4.83. The lowest BCUT2D eigenvalue weighted by Gasteiger charge is -2.26. The highest BCUT2D eigenvalue weighted by molar-refractivity contribution is 9.10. The molecule has 2 heterocycles. The Morgan fingerprint density at radius 3 is 3.00 bits per heavy atom. The van der Waals surface area contributed by atoms with Gasteiger partial charge in [-0.2, -0.15) is 0 Å². The molecule has 1 saturated heterocycles. The topological polar surface area (TPSA) is 32.3 Å². The Balaban J connectivity index is 2.12. The minimum absolute atomic E-state index is 0.0621. The van der Waals surface area contributed by atoms with Crippen molar-refractivity contribution in [1.29, 1.82) is 0 Å². The number of rotatable bonds is 3. The lowest BCUT2D eigenvalue weighted by Crippen LogP contribution is -2.45. The van der Waals surface area contributed by atoms with Crippen LogP contribution in [0, 0.1) is 0 Å². The first-order chi connectivity index (χ1) is 6.76. The van der Waals surface area contributed by atoms with Crippen molar-refractivity contribution < 1.29 is 5.11 Å². The van der Waals surface area contributed by atoms with Gasteiger partial charge in [-0.05, 0) is 46.8 Å². The Bertz CT molecular complexity index is 307. The third kappa shape index (κ3) is 2.03. The summed E-state index contributed by atoms with van der Waals surface area (Å²) in [6.45, 7) is 1.26. The SMILES string of the molecule is OCC1(Cc2sccc2Br)CCCN1. The zero-order valence-electron chi connectivity index (χ0n) is 7.92. The Morgan fingerprint density at radius 1 is 1.64 bits per heavy atom. The average Bonchev–Trinajstić information content (AvgIpc) is 2.79. The largest absolute Gasteiger partial charge is 0.394 e. The number of hydrogen-bond acceptors (Lipinski definition) is 3. The van der Waals surface area contributed by atoms with Crippen LogP contribution in [0.1, 0.15) is 17.7 Å². The summed E-state index contributed by atoms with van der Waals surface area (Å²) in [5, 5.41) is 14.9. The summed E-state index contributed by atoms with van der Waals surface area (Å²) in [6.07, 6.45) is 3.18. The van der Waals surface area contributed by atoms with Crippen LogP contribution in [0.4, 0.5) is 0 Å². The van der Waals surface area contributed by atoms with Gasteiger partial charge in [-0.15, -0.1) is 11.3 Å². The van der Waals surface area contributed by atoms with Crippen LogP contribution in [0.25, 0.3) is 0 Å². The van der Waals surface area contributed by atoms with E-state index in [4.69, 9.17) is 0 Å². The molecule has 1 aromatic rings. The number of aliphatic hydroxyl groups is 1. The van der Waals surface area contributed by atoms with Gasteiger partial charge in [0.1, 0.15) is 0 Å². The van der Waals surface area contributed by atoms with Gasteiger partial charge in [-0.25, -0.2) is 0 Å². The zero-order valence-corrected chi connectivity index (χ0v) is 10.3. The molecule has 0 radical (unpaired) electrons. The molecule has 1 unspecified atom stereocenters. The van der Waals surface area contributed by atoms with Crippen LogP contribution in [0.3, 0.4) is 0 Å². The minimum Gasteiger partial charge on any atom is -0.394 e. The van der Waals surface area contributed by atoms with Crippen molar-refractivity contribution >= 4 is 27.3 Å². The van der Waals surface area contributed by atoms with E-state index in [2.05, 4.69) is 32.7 Å². The predicted octanol–water partition coefficient (Wildman–Crippen LogP) is 2.17. The molecule has 14 heavy (non-hydrogen) atoms. The monoisotopic (exact) mass is 275 g/mol. The predicted molar refractivity (Wildman–Crippen MR) is 62.8 cm³/mol. The molecular formula is C10H14BrNOS. The van der Waals surface area contributed by atoms with Gasteiger partial charge >= 0.3 is 0 Å². The van der Waals surface area contributed by atoms with Gasteiger partial charge in [0.2, 0.25) is 0 Å². The molecule has 0 aliphatic carbocycles. The highest BCUT2D eigenvalue weighted by Crippen LogP contribution is 2.30. The maximum atomic E-state index is 9.43. The standard InChI is InChI=1S/C10H14BrNOS/c11-8-2-5-14-9(8)6-10(7-13)3-1-4-12-10/h2,5,12-13H,1,3-4,6-7H2.